The molecule has 0 aromatic rings. The fourth-order valence-electron chi connectivity index (χ4n) is 2.95. The van der Waals surface area contributed by atoms with E-state index in [-0.39, 0.29) is 0 Å². The van der Waals surface area contributed by atoms with Crippen LogP contribution in [0, 0.1) is 11.8 Å². The lowest BCUT2D eigenvalue weighted by Crippen LogP contribution is -2.49. The molecule has 2 heteroatoms. The summed E-state index contributed by atoms with van der Waals surface area (Å²) in [6.07, 6.45) is 1.85. The lowest BCUT2D eigenvalue weighted by Gasteiger charge is -2.38. The van der Waals surface area contributed by atoms with Gasteiger partial charge in [0, 0.05) is 12.6 Å². The first-order valence-electron chi connectivity index (χ1n) is 5.02. The Labute approximate surface area is 74.9 Å². The van der Waals surface area contributed by atoms with Crippen LogP contribution in [0.5, 0.6) is 0 Å². The Balaban J connectivity index is 2.13. The van der Waals surface area contributed by atoms with Crippen LogP contribution in [-0.2, 0) is 4.74 Å². The predicted molar refractivity (Wildman–Crippen MR) is 49.1 cm³/mol. The maximum absolute atomic E-state index is 5.81. The lowest BCUT2D eigenvalue weighted by molar-refractivity contribution is -0.0683. The highest BCUT2D eigenvalue weighted by atomic mass is 16.5. The van der Waals surface area contributed by atoms with E-state index in [4.69, 9.17) is 4.74 Å². The summed E-state index contributed by atoms with van der Waals surface area (Å²) in [5.74, 6) is 1.57. The number of ether oxygens (including phenoxy) is 1. The highest BCUT2D eigenvalue weighted by Gasteiger charge is 2.43. The third-order valence-electron chi connectivity index (χ3n) is 3.49. The van der Waals surface area contributed by atoms with Gasteiger partial charge in [-0.3, -0.25) is 4.90 Å². The van der Waals surface area contributed by atoms with Crippen molar-refractivity contribution in [1.82, 2.24) is 4.90 Å². The van der Waals surface area contributed by atoms with Crippen molar-refractivity contribution in [3.8, 4) is 0 Å². The predicted octanol–water partition coefficient (Wildman–Crippen LogP) is 1.36. The summed E-state index contributed by atoms with van der Waals surface area (Å²) >= 11 is 0. The van der Waals surface area contributed by atoms with Gasteiger partial charge in [0.1, 0.15) is 0 Å². The van der Waals surface area contributed by atoms with E-state index in [2.05, 4.69) is 25.8 Å². The first kappa shape index (κ1) is 8.52. The molecule has 70 valence electrons. The smallest absolute Gasteiger partial charge is 0.0758 e. The molecule has 0 aromatic carbocycles. The fourth-order valence-corrected chi connectivity index (χ4v) is 2.95. The van der Waals surface area contributed by atoms with Gasteiger partial charge in [-0.2, -0.15) is 0 Å². The first-order chi connectivity index (χ1) is 5.70. The van der Waals surface area contributed by atoms with Crippen LogP contribution in [0.2, 0.25) is 0 Å². The number of hydrogen-bond acceptors (Lipinski definition) is 2. The monoisotopic (exact) mass is 169 g/mol. The summed E-state index contributed by atoms with van der Waals surface area (Å²) in [4.78, 5) is 2.47. The van der Waals surface area contributed by atoms with Crippen molar-refractivity contribution in [2.75, 3.05) is 20.2 Å². The van der Waals surface area contributed by atoms with Gasteiger partial charge in [-0.1, -0.05) is 13.8 Å². The quantitative estimate of drug-likeness (QED) is 0.543. The van der Waals surface area contributed by atoms with Gasteiger partial charge in [-0.25, -0.2) is 0 Å². The summed E-state index contributed by atoms with van der Waals surface area (Å²) in [6, 6.07) is 0.689. The largest absolute Gasteiger partial charge is 0.375 e. The standard InChI is InChI=1S/C10H19NO/c1-7-6-8(2)10-9(7)11(3)4-5-12-10/h7-10H,4-6H2,1-3H3. The van der Waals surface area contributed by atoms with Gasteiger partial charge < -0.3 is 4.74 Å². The van der Waals surface area contributed by atoms with Crippen LogP contribution in [0.15, 0.2) is 0 Å². The van der Waals surface area contributed by atoms with Crippen LogP contribution in [0.3, 0.4) is 0 Å². The first-order valence-corrected chi connectivity index (χ1v) is 5.02. The van der Waals surface area contributed by atoms with Gasteiger partial charge in [0.15, 0.2) is 0 Å². The van der Waals surface area contributed by atoms with Crippen LogP contribution in [0.1, 0.15) is 20.3 Å². The molecule has 4 unspecified atom stereocenters. The van der Waals surface area contributed by atoms with Crippen molar-refractivity contribution < 1.29 is 4.74 Å². The SMILES string of the molecule is CC1CC(C)C2C1OCCN2C. The molecule has 0 spiro atoms. The number of rotatable bonds is 0. The van der Waals surface area contributed by atoms with Crippen molar-refractivity contribution in [3.05, 3.63) is 0 Å². The summed E-state index contributed by atoms with van der Waals surface area (Å²) in [5.41, 5.74) is 0. The Hall–Kier alpha value is -0.0800. The Morgan fingerprint density at radius 3 is 2.67 bits per heavy atom. The van der Waals surface area contributed by atoms with Crippen LogP contribution in [-0.4, -0.2) is 37.2 Å². The number of fused-ring (bicyclic) bond motifs is 1. The molecule has 2 fully saturated rings. The van der Waals surface area contributed by atoms with Crippen LogP contribution >= 0.6 is 0 Å². The van der Waals surface area contributed by atoms with Gasteiger partial charge in [0.2, 0.25) is 0 Å². The van der Waals surface area contributed by atoms with Crippen molar-refractivity contribution >= 4 is 0 Å². The van der Waals surface area contributed by atoms with Crippen molar-refractivity contribution in [1.29, 1.82) is 0 Å². The molecule has 2 nitrogen and oxygen atoms in total. The fraction of sp³-hybridized carbons (Fsp3) is 1.00. The highest BCUT2D eigenvalue weighted by Crippen LogP contribution is 2.37. The Morgan fingerprint density at radius 2 is 2.00 bits per heavy atom. The molecule has 0 N–H and O–H groups in total. The van der Waals surface area contributed by atoms with Crippen LogP contribution < -0.4 is 0 Å². The van der Waals surface area contributed by atoms with Crippen molar-refractivity contribution in [2.24, 2.45) is 11.8 Å². The van der Waals surface area contributed by atoms with Gasteiger partial charge in [-0.05, 0) is 25.3 Å². The molecule has 0 aromatic heterocycles. The summed E-state index contributed by atoms with van der Waals surface area (Å²) in [6.45, 7) is 6.71. The molecular weight excluding hydrogens is 150 g/mol. The summed E-state index contributed by atoms with van der Waals surface area (Å²) < 4.78 is 5.81. The Morgan fingerprint density at radius 1 is 1.25 bits per heavy atom. The van der Waals surface area contributed by atoms with E-state index in [1.165, 1.54) is 6.42 Å². The molecule has 12 heavy (non-hydrogen) atoms. The normalized spacial score (nSPS) is 49.2. The minimum atomic E-state index is 0.513. The molecule has 0 radical (unpaired) electrons. The molecule has 2 aliphatic rings. The van der Waals surface area contributed by atoms with Gasteiger partial charge in [-0.15, -0.1) is 0 Å². The highest BCUT2D eigenvalue weighted by molar-refractivity contribution is 4.95. The molecule has 1 saturated carbocycles. The van der Waals surface area contributed by atoms with Gasteiger partial charge in [0.25, 0.3) is 0 Å². The average molecular weight is 169 g/mol. The number of nitrogens with zero attached hydrogens (tertiary/aromatic N) is 1. The van der Waals surface area contributed by atoms with E-state index >= 15 is 0 Å². The van der Waals surface area contributed by atoms with Crippen molar-refractivity contribution in [2.45, 2.75) is 32.4 Å². The van der Waals surface area contributed by atoms with Crippen molar-refractivity contribution in [3.63, 3.8) is 0 Å². The van der Waals surface area contributed by atoms with E-state index in [0.29, 0.717) is 12.1 Å². The molecular formula is C10H19NO. The zero-order chi connectivity index (χ0) is 8.72. The number of morpholine rings is 1. The van der Waals surface area contributed by atoms with E-state index in [1.807, 2.05) is 0 Å². The number of likely N-dealkylation sites (N-methyl/N-ethyl adjacent to an activating group) is 1. The average Bonchev–Trinajstić information content (AvgIpc) is 2.29. The second-order valence-corrected chi connectivity index (χ2v) is 4.50. The second kappa shape index (κ2) is 3.00. The molecule has 2 rings (SSSR count). The van der Waals surface area contributed by atoms with Crippen LogP contribution in [0.4, 0.5) is 0 Å². The maximum atomic E-state index is 5.81. The van der Waals surface area contributed by atoms with Crippen LogP contribution in [0.25, 0.3) is 0 Å². The van der Waals surface area contributed by atoms with Gasteiger partial charge >= 0.3 is 0 Å². The van der Waals surface area contributed by atoms with E-state index < -0.39 is 0 Å². The topological polar surface area (TPSA) is 12.5 Å². The third-order valence-corrected chi connectivity index (χ3v) is 3.49. The molecule has 1 aliphatic carbocycles. The second-order valence-electron chi connectivity index (χ2n) is 4.50. The zero-order valence-corrected chi connectivity index (χ0v) is 8.29. The molecule has 1 heterocycles. The minimum Gasteiger partial charge on any atom is -0.375 e. The van der Waals surface area contributed by atoms with E-state index in [9.17, 15) is 0 Å². The van der Waals surface area contributed by atoms with E-state index in [1.54, 1.807) is 0 Å². The Bertz CT molecular complexity index is 167. The van der Waals surface area contributed by atoms with Gasteiger partial charge in [0.05, 0.1) is 12.7 Å². The summed E-state index contributed by atoms with van der Waals surface area (Å²) in [5, 5.41) is 0. The minimum absolute atomic E-state index is 0.513. The Kier molecular flexibility index (Phi) is 2.13. The zero-order valence-electron chi connectivity index (χ0n) is 8.29. The number of hydrogen-bond donors (Lipinski definition) is 0. The lowest BCUT2D eigenvalue weighted by atomic mass is 10.0. The molecule has 1 saturated heterocycles. The molecule has 1 aliphatic heterocycles. The molecule has 4 atom stereocenters. The maximum Gasteiger partial charge on any atom is 0.0758 e. The molecule has 0 bridgehead atoms. The summed E-state index contributed by atoms with van der Waals surface area (Å²) in [7, 11) is 2.23. The van der Waals surface area contributed by atoms with E-state index in [0.717, 1.165) is 25.0 Å². The molecule has 0 amide bonds. The third kappa shape index (κ3) is 1.17.